The second-order valence-electron chi connectivity index (χ2n) is 7.90. The van der Waals surface area contributed by atoms with Crippen molar-refractivity contribution in [1.29, 1.82) is 0 Å². The van der Waals surface area contributed by atoms with E-state index in [2.05, 4.69) is 62.6 Å². The van der Waals surface area contributed by atoms with E-state index in [0.29, 0.717) is 11.0 Å². The maximum Gasteiger partial charge on any atom is 0.171 e. The van der Waals surface area contributed by atoms with E-state index in [4.69, 9.17) is 21.7 Å². The van der Waals surface area contributed by atoms with Gasteiger partial charge in [0.15, 0.2) is 5.11 Å². The predicted octanol–water partition coefficient (Wildman–Crippen LogP) is 5.41. The summed E-state index contributed by atoms with van der Waals surface area (Å²) in [5.41, 5.74) is 3.10. The van der Waals surface area contributed by atoms with Crippen LogP contribution in [0.2, 0.25) is 0 Å². The van der Waals surface area contributed by atoms with E-state index in [9.17, 15) is 0 Å². The van der Waals surface area contributed by atoms with Gasteiger partial charge in [-0.3, -0.25) is 0 Å². The molecule has 5 heteroatoms. The number of methoxy groups -OCH3 is 1. The Bertz CT molecular complexity index is 816. The molecule has 0 saturated heterocycles. The molecule has 0 saturated carbocycles. The van der Waals surface area contributed by atoms with Gasteiger partial charge in [-0.1, -0.05) is 26.0 Å². The standard InChI is InChI=1S/C22H28N2O2S/c1-14(2)15-6-8-16(9-7-15)23-21(27)24-19-13-22(3,4)26-20-12-17(25-5)10-11-18(19)20/h6-12,14,19H,13H2,1-5H3,(H2,23,24,27)/t19-/m0/s1. The van der Waals surface area contributed by atoms with Crippen LogP contribution in [0.1, 0.15) is 57.2 Å². The molecule has 0 bridgehead atoms. The number of thiocarbonyl (C=S) groups is 1. The maximum atomic E-state index is 6.14. The first-order valence-electron chi connectivity index (χ1n) is 9.32. The number of hydrogen-bond donors (Lipinski definition) is 2. The highest BCUT2D eigenvalue weighted by Gasteiger charge is 2.34. The van der Waals surface area contributed by atoms with Crippen molar-refractivity contribution in [2.24, 2.45) is 0 Å². The Morgan fingerprint density at radius 3 is 2.52 bits per heavy atom. The van der Waals surface area contributed by atoms with Crippen molar-refractivity contribution in [3.63, 3.8) is 0 Å². The molecule has 0 radical (unpaired) electrons. The Hall–Kier alpha value is -2.27. The fourth-order valence-corrected chi connectivity index (χ4v) is 3.62. The van der Waals surface area contributed by atoms with Gasteiger partial charge in [0.05, 0.1) is 13.2 Å². The Morgan fingerprint density at radius 2 is 1.89 bits per heavy atom. The van der Waals surface area contributed by atoms with Gasteiger partial charge in [0.1, 0.15) is 17.1 Å². The molecule has 27 heavy (non-hydrogen) atoms. The lowest BCUT2D eigenvalue weighted by atomic mass is 9.89. The molecule has 0 spiro atoms. The second kappa shape index (κ2) is 7.77. The van der Waals surface area contributed by atoms with Gasteiger partial charge in [-0.05, 0) is 61.8 Å². The van der Waals surface area contributed by atoms with Crippen molar-refractivity contribution in [1.82, 2.24) is 5.32 Å². The molecule has 0 aliphatic carbocycles. The number of anilines is 1. The van der Waals surface area contributed by atoms with Gasteiger partial charge < -0.3 is 20.1 Å². The minimum absolute atomic E-state index is 0.0737. The number of benzene rings is 2. The quantitative estimate of drug-likeness (QED) is 0.690. The van der Waals surface area contributed by atoms with Crippen LogP contribution in [-0.4, -0.2) is 17.8 Å². The van der Waals surface area contributed by atoms with E-state index < -0.39 is 0 Å². The number of fused-ring (bicyclic) bond motifs is 1. The summed E-state index contributed by atoms with van der Waals surface area (Å²) in [5.74, 6) is 2.14. The maximum absolute atomic E-state index is 6.14. The molecule has 0 amide bonds. The van der Waals surface area contributed by atoms with Crippen molar-refractivity contribution in [3.8, 4) is 11.5 Å². The topological polar surface area (TPSA) is 42.5 Å². The highest BCUT2D eigenvalue weighted by molar-refractivity contribution is 7.80. The Kier molecular flexibility index (Phi) is 5.61. The lowest BCUT2D eigenvalue weighted by Gasteiger charge is -2.38. The van der Waals surface area contributed by atoms with Crippen molar-refractivity contribution in [3.05, 3.63) is 53.6 Å². The molecule has 1 aliphatic heterocycles. The van der Waals surface area contributed by atoms with Crippen LogP contribution >= 0.6 is 12.2 Å². The SMILES string of the molecule is COc1ccc2c(c1)OC(C)(C)C[C@@H]2NC(=S)Nc1ccc(C(C)C)cc1. The van der Waals surface area contributed by atoms with Crippen LogP contribution in [0.25, 0.3) is 0 Å². The third-order valence-corrected chi connectivity index (χ3v) is 5.04. The normalized spacial score (nSPS) is 17.6. The molecule has 0 unspecified atom stereocenters. The monoisotopic (exact) mass is 384 g/mol. The van der Waals surface area contributed by atoms with Crippen LogP contribution in [0.5, 0.6) is 11.5 Å². The van der Waals surface area contributed by atoms with E-state index in [1.807, 2.05) is 18.2 Å². The van der Waals surface area contributed by atoms with E-state index in [1.165, 1.54) is 5.56 Å². The van der Waals surface area contributed by atoms with Crippen LogP contribution in [0.3, 0.4) is 0 Å². The van der Waals surface area contributed by atoms with Crippen LogP contribution < -0.4 is 20.1 Å². The zero-order valence-electron chi connectivity index (χ0n) is 16.6. The highest BCUT2D eigenvalue weighted by atomic mass is 32.1. The number of nitrogens with one attached hydrogen (secondary N) is 2. The molecular formula is C22H28N2O2S. The Labute approximate surface area is 167 Å². The molecule has 144 valence electrons. The molecule has 2 aromatic rings. The van der Waals surface area contributed by atoms with Crippen LogP contribution in [0.4, 0.5) is 5.69 Å². The molecule has 0 aromatic heterocycles. The van der Waals surface area contributed by atoms with Gasteiger partial charge in [-0.15, -0.1) is 0 Å². The largest absolute Gasteiger partial charge is 0.497 e. The third-order valence-electron chi connectivity index (χ3n) is 4.82. The number of rotatable bonds is 4. The molecule has 1 aliphatic rings. The molecule has 1 atom stereocenters. The summed E-state index contributed by atoms with van der Waals surface area (Å²) in [4.78, 5) is 0. The summed E-state index contributed by atoms with van der Waals surface area (Å²) < 4.78 is 11.5. The Morgan fingerprint density at radius 1 is 1.19 bits per heavy atom. The zero-order chi connectivity index (χ0) is 19.6. The lowest BCUT2D eigenvalue weighted by molar-refractivity contribution is 0.0693. The van der Waals surface area contributed by atoms with Gasteiger partial charge in [-0.25, -0.2) is 0 Å². The van der Waals surface area contributed by atoms with Gasteiger partial charge in [0.25, 0.3) is 0 Å². The molecule has 2 aromatic carbocycles. The minimum atomic E-state index is -0.286. The van der Waals surface area contributed by atoms with Crippen LogP contribution in [0, 0.1) is 0 Å². The van der Waals surface area contributed by atoms with Gasteiger partial charge in [0, 0.05) is 23.7 Å². The highest BCUT2D eigenvalue weighted by Crippen LogP contribution is 2.41. The van der Waals surface area contributed by atoms with Crippen LogP contribution in [-0.2, 0) is 0 Å². The first-order chi connectivity index (χ1) is 12.8. The summed E-state index contributed by atoms with van der Waals surface area (Å²) in [5, 5.41) is 7.35. The summed E-state index contributed by atoms with van der Waals surface area (Å²) in [6.07, 6.45) is 0.820. The average Bonchev–Trinajstić information content (AvgIpc) is 2.60. The third kappa shape index (κ3) is 4.72. The first kappa shape index (κ1) is 19.5. The molecule has 0 fully saturated rings. The van der Waals surface area contributed by atoms with E-state index in [0.717, 1.165) is 29.2 Å². The molecular weight excluding hydrogens is 356 g/mol. The van der Waals surface area contributed by atoms with Gasteiger partial charge in [-0.2, -0.15) is 0 Å². The van der Waals surface area contributed by atoms with E-state index in [1.54, 1.807) is 7.11 Å². The molecule has 4 nitrogen and oxygen atoms in total. The van der Waals surface area contributed by atoms with Crippen molar-refractivity contribution in [2.45, 2.75) is 51.7 Å². The van der Waals surface area contributed by atoms with Crippen molar-refractivity contribution >= 4 is 23.0 Å². The van der Waals surface area contributed by atoms with Gasteiger partial charge >= 0.3 is 0 Å². The minimum Gasteiger partial charge on any atom is -0.497 e. The fraction of sp³-hybridized carbons (Fsp3) is 0.409. The summed E-state index contributed by atoms with van der Waals surface area (Å²) >= 11 is 5.57. The molecule has 3 rings (SSSR count). The first-order valence-corrected chi connectivity index (χ1v) is 9.72. The number of hydrogen-bond acceptors (Lipinski definition) is 3. The molecule has 2 N–H and O–H groups in total. The number of ether oxygens (including phenoxy) is 2. The van der Waals surface area contributed by atoms with E-state index >= 15 is 0 Å². The van der Waals surface area contributed by atoms with E-state index in [-0.39, 0.29) is 11.6 Å². The van der Waals surface area contributed by atoms with Gasteiger partial charge in [0.2, 0.25) is 0 Å². The van der Waals surface area contributed by atoms with Crippen molar-refractivity contribution in [2.75, 3.05) is 12.4 Å². The van der Waals surface area contributed by atoms with Crippen molar-refractivity contribution < 1.29 is 9.47 Å². The van der Waals surface area contributed by atoms with Crippen LogP contribution in [0.15, 0.2) is 42.5 Å². The second-order valence-corrected chi connectivity index (χ2v) is 8.31. The summed E-state index contributed by atoms with van der Waals surface area (Å²) in [6.45, 7) is 8.55. The predicted molar refractivity (Wildman–Crippen MR) is 115 cm³/mol. The molecule has 1 heterocycles. The lowest BCUT2D eigenvalue weighted by Crippen LogP contribution is -2.42. The fourth-order valence-electron chi connectivity index (χ4n) is 3.36. The summed E-state index contributed by atoms with van der Waals surface area (Å²) in [7, 11) is 1.66. The summed E-state index contributed by atoms with van der Waals surface area (Å²) in [6, 6.07) is 14.4. The Balaban J connectivity index is 1.73. The average molecular weight is 385 g/mol. The zero-order valence-corrected chi connectivity index (χ0v) is 17.4. The smallest absolute Gasteiger partial charge is 0.171 e.